The summed E-state index contributed by atoms with van der Waals surface area (Å²) in [5.41, 5.74) is -0.176. The summed E-state index contributed by atoms with van der Waals surface area (Å²) in [7, 11) is 0. The molecular formula is C18H32N2O2. The lowest BCUT2D eigenvalue weighted by Crippen LogP contribution is -2.46. The van der Waals surface area contributed by atoms with Crippen LogP contribution in [0.3, 0.4) is 0 Å². The summed E-state index contributed by atoms with van der Waals surface area (Å²) in [6, 6.07) is 0.322. The van der Waals surface area contributed by atoms with Crippen molar-refractivity contribution in [1.82, 2.24) is 9.80 Å². The van der Waals surface area contributed by atoms with E-state index in [1.54, 1.807) is 0 Å². The number of likely N-dealkylation sites (tertiary alicyclic amines) is 2. The van der Waals surface area contributed by atoms with Crippen molar-refractivity contribution in [3.63, 3.8) is 0 Å². The van der Waals surface area contributed by atoms with E-state index in [1.807, 2.05) is 9.80 Å². The van der Waals surface area contributed by atoms with Gasteiger partial charge in [0.05, 0.1) is 5.92 Å². The molecule has 0 spiro atoms. The van der Waals surface area contributed by atoms with E-state index >= 15 is 0 Å². The van der Waals surface area contributed by atoms with Gasteiger partial charge in [-0.15, -0.1) is 0 Å². The molecule has 2 heterocycles. The van der Waals surface area contributed by atoms with Gasteiger partial charge in [0.25, 0.3) is 0 Å². The molecule has 2 fully saturated rings. The largest absolute Gasteiger partial charge is 0.343 e. The number of piperidine rings is 1. The van der Waals surface area contributed by atoms with Gasteiger partial charge in [0.15, 0.2) is 0 Å². The first-order valence-corrected chi connectivity index (χ1v) is 8.89. The zero-order valence-corrected chi connectivity index (χ0v) is 14.7. The van der Waals surface area contributed by atoms with E-state index in [0.717, 1.165) is 45.3 Å². The fraction of sp³-hybridized carbons (Fsp3) is 0.889. The lowest BCUT2D eigenvalue weighted by atomic mass is 9.77. The number of nitrogens with zero attached hydrogens (tertiary/aromatic N) is 2. The predicted octanol–water partition coefficient (Wildman–Crippen LogP) is 3.06. The van der Waals surface area contributed by atoms with Gasteiger partial charge < -0.3 is 9.80 Å². The molecule has 0 aliphatic carbocycles. The molecule has 0 saturated carbocycles. The Bertz CT molecular complexity index is 408. The van der Waals surface area contributed by atoms with Gasteiger partial charge in [0.2, 0.25) is 11.8 Å². The van der Waals surface area contributed by atoms with Crippen molar-refractivity contribution in [2.24, 2.45) is 11.3 Å². The molecule has 2 amide bonds. The smallest absolute Gasteiger partial charge is 0.226 e. The van der Waals surface area contributed by atoms with E-state index in [1.165, 1.54) is 6.42 Å². The fourth-order valence-corrected chi connectivity index (χ4v) is 3.67. The van der Waals surface area contributed by atoms with E-state index in [0.29, 0.717) is 12.5 Å². The Morgan fingerprint density at radius 1 is 1.05 bits per heavy atom. The number of rotatable bonds is 3. The van der Waals surface area contributed by atoms with Crippen LogP contribution in [0.25, 0.3) is 0 Å². The van der Waals surface area contributed by atoms with Crippen molar-refractivity contribution < 1.29 is 9.59 Å². The van der Waals surface area contributed by atoms with E-state index in [-0.39, 0.29) is 23.1 Å². The average Bonchev–Trinajstić information content (AvgIpc) is 2.89. The summed E-state index contributed by atoms with van der Waals surface area (Å²) in [5.74, 6) is 0.144. The lowest BCUT2D eigenvalue weighted by molar-refractivity contribution is -0.145. The molecule has 4 nitrogen and oxygen atoms in total. The maximum Gasteiger partial charge on any atom is 0.226 e. The van der Waals surface area contributed by atoms with Crippen molar-refractivity contribution in [3.8, 4) is 0 Å². The summed E-state index contributed by atoms with van der Waals surface area (Å²) >= 11 is 0. The van der Waals surface area contributed by atoms with Gasteiger partial charge in [0.1, 0.15) is 0 Å². The molecule has 2 atom stereocenters. The van der Waals surface area contributed by atoms with Crippen LogP contribution in [0.2, 0.25) is 0 Å². The molecule has 2 rings (SSSR count). The molecule has 0 bridgehead atoms. The van der Waals surface area contributed by atoms with E-state index in [9.17, 15) is 9.59 Å². The quantitative estimate of drug-likeness (QED) is 0.804. The van der Waals surface area contributed by atoms with Crippen molar-refractivity contribution in [3.05, 3.63) is 0 Å². The highest BCUT2D eigenvalue weighted by molar-refractivity contribution is 5.86. The predicted molar refractivity (Wildman–Crippen MR) is 88.4 cm³/mol. The van der Waals surface area contributed by atoms with Gasteiger partial charge in [-0.2, -0.15) is 0 Å². The van der Waals surface area contributed by atoms with Crippen molar-refractivity contribution in [1.29, 1.82) is 0 Å². The van der Waals surface area contributed by atoms with Gasteiger partial charge >= 0.3 is 0 Å². The molecule has 0 aromatic carbocycles. The first kappa shape index (κ1) is 17.3. The Hall–Kier alpha value is -1.06. The fourth-order valence-electron chi connectivity index (χ4n) is 3.67. The molecule has 0 radical (unpaired) electrons. The minimum absolute atomic E-state index is 0.167. The molecule has 2 aliphatic rings. The third kappa shape index (κ3) is 4.02. The molecule has 0 N–H and O–H groups in total. The van der Waals surface area contributed by atoms with Crippen LogP contribution in [-0.4, -0.2) is 47.3 Å². The third-order valence-corrected chi connectivity index (χ3v) is 5.27. The van der Waals surface area contributed by atoms with E-state index < -0.39 is 0 Å². The van der Waals surface area contributed by atoms with Gasteiger partial charge in [-0.25, -0.2) is 0 Å². The van der Waals surface area contributed by atoms with Crippen LogP contribution in [0.4, 0.5) is 0 Å². The molecule has 2 saturated heterocycles. The molecule has 0 aromatic rings. The second kappa shape index (κ2) is 7.01. The van der Waals surface area contributed by atoms with Crippen molar-refractivity contribution in [2.75, 3.05) is 19.6 Å². The molecule has 2 aliphatic heterocycles. The molecule has 0 unspecified atom stereocenters. The van der Waals surface area contributed by atoms with Gasteiger partial charge in [-0.3, -0.25) is 9.59 Å². The number of carbonyl (C=O) groups excluding carboxylic acids is 2. The number of hydrogen-bond acceptors (Lipinski definition) is 2. The zero-order chi connectivity index (χ0) is 16.3. The average molecular weight is 308 g/mol. The van der Waals surface area contributed by atoms with Crippen LogP contribution in [0.5, 0.6) is 0 Å². The number of amides is 2. The van der Waals surface area contributed by atoms with Gasteiger partial charge in [-0.1, -0.05) is 20.8 Å². The Morgan fingerprint density at radius 3 is 2.18 bits per heavy atom. The topological polar surface area (TPSA) is 40.6 Å². The number of carbonyl (C=O) groups is 2. The maximum atomic E-state index is 13.0. The molecule has 126 valence electrons. The first-order chi connectivity index (χ1) is 10.3. The summed E-state index contributed by atoms with van der Waals surface area (Å²) in [6.45, 7) is 11.0. The molecule has 22 heavy (non-hydrogen) atoms. The minimum atomic E-state index is -0.206. The molecule has 4 heteroatoms. The minimum Gasteiger partial charge on any atom is -0.343 e. The highest BCUT2D eigenvalue weighted by atomic mass is 16.2. The Labute approximate surface area is 135 Å². The van der Waals surface area contributed by atoms with Crippen LogP contribution < -0.4 is 0 Å². The molecule has 0 aromatic heterocycles. The summed E-state index contributed by atoms with van der Waals surface area (Å²) in [4.78, 5) is 29.5. The van der Waals surface area contributed by atoms with Crippen LogP contribution in [0, 0.1) is 11.3 Å². The SMILES string of the molecule is C[C@@H]1CCCN1C(=O)[C@@H](CC(=O)N1CCCCC1)C(C)(C)C. The van der Waals surface area contributed by atoms with Gasteiger partial charge in [-0.05, 0) is 44.4 Å². The second-order valence-corrected chi connectivity index (χ2v) is 8.09. The monoisotopic (exact) mass is 308 g/mol. The highest BCUT2D eigenvalue weighted by Crippen LogP contribution is 2.33. The summed E-state index contributed by atoms with van der Waals surface area (Å²) < 4.78 is 0. The third-order valence-electron chi connectivity index (χ3n) is 5.27. The van der Waals surface area contributed by atoms with Crippen LogP contribution >= 0.6 is 0 Å². The van der Waals surface area contributed by atoms with Crippen LogP contribution in [-0.2, 0) is 9.59 Å². The van der Waals surface area contributed by atoms with Crippen LogP contribution in [0.15, 0.2) is 0 Å². The first-order valence-electron chi connectivity index (χ1n) is 8.89. The Balaban J connectivity index is 2.06. The van der Waals surface area contributed by atoms with E-state index in [4.69, 9.17) is 0 Å². The Kier molecular flexibility index (Phi) is 5.51. The van der Waals surface area contributed by atoms with Gasteiger partial charge in [0, 0.05) is 32.1 Å². The Morgan fingerprint density at radius 2 is 1.68 bits per heavy atom. The van der Waals surface area contributed by atoms with Crippen molar-refractivity contribution in [2.45, 2.75) is 72.3 Å². The standard InChI is InChI=1S/C18H32N2O2/c1-14-9-8-12-20(14)17(22)15(18(2,3)4)13-16(21)19-10-6-5-7-11-19/h14-15H,5-13H2,1-4H3/t14-,15-/m1/s1. The normalized spacial score (nSPS) is 24.5. The summed E-state index contributed by atoms with van der Waals surface area (Å²) in [6.07, 6.45) is 5.96. The van der Waals surface area contributed by atoms with Crippen molar-refractivity contribution >= 4 is 11.8 Å². The summed E-state index contributed by atoms with van der Waals surface area (Å²) in [5, 5.41) is 0. The highest BCUT2D eigenvalue weighted by Gasteiger charge is 2.39. The maximum absolute atomic E-state index is 13.0. The number of hydrogen-bond donors (Lipinski definition) is 0. The lowest BCUT2D eigenvalue weighted by Gasteiger charge is -2.36. The molecular weight excluding hydrogens is 276 g/mol. The van der Waals surface area contributed by atoms with E-state index in [2.05, 4.69) is 27.7 Å². The zero-order valence-electron chi connectivity index (χ0n) is 14.7. The second-order valence-electron chi connectivity index (χ2n) is 8.09. The van der Waals surface area contributed by atoms with Crippen LogP contribution in [0.1, 0.15) is 66.2 Å².